The van der Waals surface area contributed by atoms with Gasteiger partial charge in [-0.15, -0.1) is 0 Å². The van der Waals surface area contributed by atoms with Crippen molar-refractivity contribution in [2.45, 2.75) is 25.7 Å². The van der Waals surface area contributed by atoms with Gasteiger partial charge in [0, 0.05) is 31.8 Å². The van der Waals surface area contributed by atoms with Crippen molar-refractivity contribution >= 4 is 5.91 Å². The number of aromatic amines is 1. The number of hydrogen-bond donors (Lipinski definition) is 2. The Morgan fingerprint density at radius 2 is 2.39 bits per heavy atom. The zero-order valence-corrected chi connectivity index (χ0v) is 9.99. The molecule has 1 aromatic heterocycles. The van der Waals surface area contributed by atoms with Crippen LogP contribution in [-0.4, -0.2) is 42.1 Å². The summed E-state index contributed by atoms with van der Waals surface area (Å²) in [5.41, 5.74) is 0. The molecule has 0 aliphatic carbocycles. The lowest BCUT2D eigenvalue weighted by Crippen LogP contribution is -2.26. The largest absolute Gasteiger partial charge is 0.375 e. The third-order valence-corrected chi connectivity index (χ3v) is 2.18. The maximum atomic E-state index is 11.7. The molecular weight excluding hydrogens is 244 g/mol. The molecule has 0 aromatic carbocycles. The van der Waals surface area contributed by atoms with E-state index in [1.54, 1.807) is 12.4 Å². The van der Waals surface area contributed by atoms with Gasteiger partial charge in [-0.3, -0.25) is 4.79 Å². The maximum absolute atomic E-state index is 11.7. The van der Waals surface area contributed by atoms with Crippen LogP contribution in [0.5, 0.6) is 0 Å². The van der Waals surface area contributed by atoms with Gasteiger partial charge in [0.25, 0.3) is 6.43 Å². The molecule has 0 saturated heterocycles. The fourth-order valence-corrected chi connectivity index (χ4v) is 1.34. The van der Waals surface area contributed by atoms with Gasteiger partial charge < -0.3 is 15.0 Å². The number of halogens is 2. The Bertz CT molecular complexity index is 331. The van der Waals surface area contributed by atoms with Crippen molar-refractivity contribution < 1.29 is 18.3 Å². The van der Waals surface area contributed by atoms with Gasteiger partial charge in [0.2, 0.25) is 5.91 Å². The van der Waals surface area contributed by atoms with Gasteiger partial charge in [0.05, 0.1) is 6.61 Å². The molecule has 1 aromatic rings. The molecule has 0 atom stereocenters. The zero-order chi connectivity index (χ0) is 13.2. The van der Waals surface area contributed by atoms with Crippen molar-refractivity contribution in [1.82, 2.24) is 15.3 Å². The first kappa shape index (κ1) is 14.6. The Hall–Kier alpha value is -1.50. The molecule has 0 saturated carbocycles. The van der Waals surface area contributed by atoms with Gasteiger partial charge in [-0.2, -0.15) is 0 Å². The first-order chi connectivity index (χ1) is 8.68. The van der Waals surface area contributed by atoms with E-state index in [2.05, 4.69) is 20.0 Å². The van der Waals surface area contributed by atoms with E-state index < -0.39 is 13.0 Å². The molecule has 0 spiro atoms. The SMILES string of the molecule is O=C(CCOCC(F)F)NCCCc1ncc[nH]1. The van der Waals surface area contributed by atoms with Crippen LogP contribution in [0.25, 0.3) is 0 Å². The van der Waals surface area contributed by atoms with Crippen LogP contribution in [0.3, 0.4) is 0 Å². The number of aryl methyl sites for hydroxylation is 1. The molecule has 102 valence electrons. The second-order valence-corrected chi connectivity index (χ2v) is 3.71. The lowest BCUT2D eigenvalue weighted by molar-refractivity contribution is -0.122. The first-order valence-electron chi connectivity index (χ1n) is 5.79. The van der Waals surface area contributed by atoms with Gasteiger partial charge in [-0.05, 0) is 6.42 Å². The van der Waals surface area contributed by atoms with Crippen LogP contribution in [0.4, 0.5) is 8.78 Å². The summed E-state index contributed by atoms with van der Waals surface area (Å²) in [5.74, 6) is 0.688. The second-order valence-electron chi connectivity index (χ2n) is 3.71. The van der Waals surface area contributed by atoms with Crippen LogP contribution >= 0.6 is 0 Å². The number of H-pyrrole nitrogens is 1. The van der Waals surface area contributed by atoms with Crippen molar-refractivity contribution in [2.24, 2.45) is 0 Å². The van der Waals surface area contributed by atoms with Gasteiger partial charge in [-0.1, -0.05) is 0 Å². The summed E-state index contributed by atoms with van der Waals surface area (Å²) in [6.45, 7) is -0.0610. The predicted octanol–water partition coefficient (Wildman–Crippen LogP) is 1.13. The van der Waals surface area contributed by atoms with E-state index in [4.69, 9.17) is 0 Å². The molecule has 1 heterocycles. The Labute approximate surface area is 104 Å². The normalized spacial score (nSPS) is 10.8. The van der Waals surface area contributed by atoms with Crippen LogP contribution in [-0.2, 0) is 16.0 Å². The minimum absolute atomic E-state index is 0.0222. The summed E-state index contributed by atoms with van der Waals surface area (Å²) in [5, 5.41) is 2.69. The van der Waals surface area contributed by atoms with Crippen LogP contribution in [0.1, 0.15) is 18.7 Å². The molecule has 0 aliphatic heterocycles. The molecular formula is C11H17F2N3O2. The van der Waals surface area contributed by atoms with Crippen LogP contribution in [0.2, 0.25) is 0 Å². The molecule has 1 rings (SSSR count). The van der Waals surface area contributed by atoms with E-state index in [-0.39, 0.29) is 18.9 Å². The van der Waals surface area contributed by atoms with E-state index in [0.29, 0.717) is 6.54 Å². The third-order valence-electron chi connectivity index (χ3n) is 2.18. The van der Waals surface area contributed by atoms with Crippen LogP contribution < -0.4 is 5.32 Å². The van der Waals surface area contributed by atoms with Crippen molar-refractivity contribution in [3.8, 4) is 0 Å². The number of hydrogen-bond acceptors (Lipinski definition) is 3. The number of amides is 1. The van der Waals surface area contributed by atoms with Crippen LogP contribution in [0.15, 0.2) is 12.4 Å². The highest BCUT2D eigenvalue weighted by Crippen LogP contribution is 1.95. The van der Waals surface area contributed by atoms with Gasteiger partial charge in [0.15, 0.2) is 0 Å². The Kier molecular flexibility index (Phi) is 6.93. The molecule has 2 N–H and O–H groups in total. The fraction of sp³-hybridized carbons (Fsp3) is 0.636. The molecule has 5 nitrogen and oxygen atoms in total. The zero-order valence-electron chi connectivity index (χ0n) is 9.99. The smallest absolute Gasteiger partial charge is 0.261 e. The quantitative estimate of drug-likeness (QED) is 0.655. The molecule has 0 bridgehead atoms. The van der Waals surface area contributed by atoms with E-state index >= 15 is 0 Å². The highest BCUT2D eigenvalue weighted by Gasteiger charge is 2.04. The monoisotopic (exact) mass is 261 g/mol. The molecule has 0 radical (unpaired) electrons. The average molecular weight is 261 g/mol. The number of nitrogens with one attached hydrogen (secondary N) is 2. The van der Waals surface area contributed by atoms with Gasteiger partial charge >= 0.3 is 0 Å². The van der Waals surface area contributed by atoms with Gasteiger partial charge in [-0.25, -0.2) is 13.8 Å². The lowest BCUT2D eigenvalue weighted by atomic mass is 10.3. The minimum Gasteiger partial charge on any atom is -0.375 e. The number of carbonyl (C=O) groups excluding carboxylic acids is 1. The standard InChI is InChI=1S/C11H17F2N3O2/c12-9(13)8-18-7-3-11(17)16-4-1-2-10-14-5-6-15-10/h5-6,9H,1-4,7-8H2,(H,14,15)(H,16,17). The van der Waals surface area contributed by atoms with E-state index in [0.717, 1.165) is 18.7 Å². The highest BCUT2D eigenvalue weighted by atomic mass is 19.3. The molecule has 0 fully saturated rings. The molecule has 0 unspecified atom stereocenters. The lowest BCUT2D eigenvalue weighted by Gasteiger charge is -2.05. The summed E-state index contributed by atoms with van der Waals surface area (Å²) in [6.07, 6.45) is 2.57. The summed E-state index contributed by atoms with van der Waals surface area (Å²) in [6, 6.07) is 0. The number of aromatic nitrogens is 2. The summed E-state index contributed by atoms with van der Waals surface area (Å²) < 4.78 is 28.0. The Morgan fingerprint density at radius 1 is 1.56 bits per heavy atom. The van der Waals surface area contributed by atoms with Crippen molar-refractivity contribution in [3.05, 3.63) is 18.2 Å². The molecule has 1 amide bonds. The Balaban J connectivity index is 1.93. The Morgan fingerprint density at radius 3 is 3.06 bits per heavy atom. The van der Waals surface area contributed by atoms with Gasteiger partial charge in [0.1, 0.15) is 12.4 Å². The number of ether oxygens (including phenoxy) is 1. The minimum atomic E-state index is -2.48. The summed E-state index contributed by atoms with van der Waals surface area (Å²) in [4.78, 5) is 18.3. The molecule has 0 aliphatic rings. The maximum Gasteiger partial charge on any atom is 0.261 e. The van der Waals surface area contributed by atoms with E-state index in [9.17, 15) is 13.6 Å². The number of rotatable bonds is 9. The van der Waals surface area contributed by atoms with Crippen molar-refractivity contribution in [3.63, 3.8) is 0 Å². The third kappa shape index (κ3) is 6.95. The van der Waals surface area contributed by atoms with Crippen molar-refractivity contribution in [1.29, 1.82) is 0 Å². The predicted molar refractivity (Wildman–Crippen MR) is 61.4 cm³/mol. The second kappa shape index (κ2) is 8.57. The summed E-state index contributed by atoms with van der Waals surface area (Å²) in [7, 11) is 0. The van der Waals surface area contributed by atoms with E-state index in [1.807, 2.05) is 0 Å². The molecule has 7 heteroatoms. The van der Waals surface area contributed by atoms with Crippen LogP contribution in [0, 0.1) is 0 Å². The number of nitrogens with zero attached hydrogens (tertiary/aromatic N) is 1. The van der Waals surface area contributed by atoms with E-state index in [1.165, 1.54) is 0 Å². The number of imidazole rings is 1. The van der Waals surface area contributed by atoms with Crippen molar-refractivity contribution in [2.75, 3.05) is 19.8 Å². The highest BCUT2D eigenvalue weighted by molar-refractivity contribution is 5.75. The average Bonchev–Trinajstić information content (AvgIpc) is 2.83. The topological polar surface area (TPSA) is 67.0 Å². The molecule has 18 heavy (non-hydrogen) atoms. The fourth-order valence-electron chi connectivity index (χ4n) is 1.34. The number of alkyl halides is 2. The summed E-state index contributed by atoms with van der Waals surface area (Å²) >= 11 is 0. The number of carbonyl (C=O) groups is 1. The first-order valence-corrected chi connectivity index (χ1v) is 5.79.